The maximum absolute atomic E-state index is 5.72. The van der Waals surface area contributed by atoms with E-state index < -0.39 is 8.56 Å². The molecule has 2 unspecified atom stereocenters. The molecule has 2 rings (SSSR count). The molecule has 2 aliphatic rings. The number of hydrogen-bond donors (Lipinski definition) is 0. The van der Waals surface area contributed by atoms with E-state index >= 15 is 0 Å². The van der Waals surface area contributed by atoms with Crippen LogP contribution in [0.2, 0.25) is 12.1 Å². The molecule has 0 amide bonds. The molecule has 0 aromatic heterocycles. The standard InChI is InChI=1S/C14H28O6Si/c1-15-21(16-2,11-3-7-17-13-5-9-19-13)12-4-8-18-14-6-10-20-14/h13-14H,3-12H2,1-2H3. The summed E-state index contributed by atoms with van der Waals surface area (Å²) in [6, 6.07) is 1.87. The van der Waals surface area contributed by atoms with Crippen molar-refractivity contribution in [3.8, 4) is 0 Å². The van der Waals surface area contributed by atoms with E-state index in [4.69, 9.17) is 27.8 Å². The van der Waals surface area contributed by atoms with E-state index in [0.29, 0.717) is 13.2 Å². The van der Waals surface area contributed by atoms with E-state index in [1.165, 1.54) is 0 Å². The minimum atomic E-state index is -2.11. The van der Waals surface area contributed by atoms with Crippen molar-refractivity contribution < 1.29 is 27.8 Å². The Balaban J connectivity index is 1.57. The van der Waals surface area contributed by atoms with Crippen molar-refractivity contribution in [2.45, 2.75) is 50.4 Å². The molecule has 0 radical (unpaired) electrons. The first-order valence-electron chi connectivity index (χ1n) is 7.85. The molecule has 0 bridgehead atoms. The van der Waals surface area contributed by atoms with Crippen LogP contribution in [0.4, 0.5) is 0 Å². The Morgan fingerprint density at radius 2 is 1.29 bits per heavy atom. The molecule has 0 N–H and O–H groups in total. The zero-order valence-electron chi connectivity index (χ0n) is 13.2. The average molecular weight is 320 g/mol. The number of hydrogen-bond acceptors (Lipinski definition) is 6. The Hall–Kier alpha value is -0.0231. The van der Waals surface area contributed by atoms with Crippen molar-refractivity contribution in [3.05, 3.63) is 0 Å². The maximum atomic E-state index is 5.72. The normalized spacial score (nSPS) is 25.4. The SMILES string of the molecule is CO[Si](CCCOC1CCO1)(CCCOC1CCO1)OC. The van der Waals surface area contributed by atoms with E-state index in [0.717, 1.165) is 51.0 Å². The van der Waals surface area contributed by atoms with Crippen LogP contribution in [0.3, 0.4) is 0 Å². The molecule has 0 saturated carbocycles. The lowest BCUT2D eigenvalue weighted by atomic mass is 10.3. The summed E-state index contributed by atoms with van der Waals surface area (Å²) in [4.78, 5) is 0. The van der Waals surface area contributed by atoms with Crippen LogP contribution >= 0.6 is 0 Å². The van der Waals surface area contributed by atoms with Crippen molar-refractivity contribution in [3.63, 3.8) is 0 Å². The Morgan fingerprint density at radius 1 is 0.857 bits per heavy atom. The molecule has 0 spiro atoms. The third kappa shape index (κ3) is 5.59. The predicted molar refractivity (Wildman–Crippen MR) is 79.2 cm³/mol. The number of ether oxygens (including phenoxy) is 4. The van der Waals surface area contributed by atoms with Gasteiger partial charge in [-0.3, -0.25) is 0 Å². The molecule has 0 aliphatic carbocycles. The molecule has 6 nitrogen and oxygen atoms in total. The molecule has 2 saturated heterocycles. The lowest BCUT2D eigenvalue weighted by Gasteiger charge is -2.30. The third-order valence-corrected chi connectivity index (χ3v) is 7.79. The largest absolute Gasteiger partial charge is 0.398 e. The maximum Gasteiger partial charge on any atom is 0.337 e. The van der Waals surface area contributed by atoms with Gasteiger partial charge in [0, 0.05) is 40.3 Å². The average Bonchev–Trinajstić information content (AvgIpc) is 2.41. The van der Waals surface area contributed by atoms with E-state index in [-0.39, 0.29) is 12.6 Å². The van der Waals surface area contributed by atoms with Gasteiger partial charge < -0.3 is 27.8 Å². The van der Waals surface area contributed by atoms with Gasteiger partial charge in [-0.2, -0.15) is 0 Å². The second-order valence-electron chi connectivity index (χ2n) is 5.45. The summed E-state index contributed by atoms with van der Waals surface area (Å²) >= 11 is 0. The van der Waals surface area contributed by atoms with Gasteiger partial charge in [-0.05, 0) is 24.9 Å². The summed E-state index contributed by atoms with van der Waals surface area (Å²) in [5.74, 6) is 0. The van der Waals surface area contributed by atoms with Gasteiger partial charge in [-0.1, -0.05) is 0 Å². The predicted octanol–water partition coefficient (Wildman–Crippen LogP) is 2.03. The van der Waals surface area contributed by atoms with E-state index in [9.17, 15) is 0 Å². The molecule has 0 aromatic rings. The molecular formula is C14H28O6Si. The highest BCUT2D eigenvalue weighted by Gasteiger charge is 2.34. The first kappa shape index (κ1) is 17.3. The smallest absolute Gasteiger partial charge is 0.337 e. The monoisotopic (exact) mass is 320 g/mol. The Bertz CT molecular complexity index is 255. The summed E-state index contributed by atoms with van der Waals surface area (Å²) < 4.78 is 33.1. The zero-order valence-corrected chi connectivity index (χ0v) is 14.2. The van der Waals surface area contributed by atoms with Crippen LogP contribution in [0.15, 0.2) is 0 Å². The number of rotatable bonds is 12. The Kier molecular flexibility index (Phi) is 7.59. The van der Waals surface area contributed by atoms with E-state index in [1.54, 1.807) is 14.2 Å². The molecule has 2 aliphatic heterocycles. The highest BCUT2D eigenvalue weighted by atomic mass is 28.4. The summed E-state index contributed by atoms with van der Waals surface area (Å²) in [5.41, 5.74) is 0. The van der Waals surface area contributed by atoms with Crippen LogP contribution in [0, 0.1) is 0 Å². The van der Waals surface area contributed by atoms with Crippen LogP contribution in [0.5, 0.6) is 0 Å². The van der Waals surface area contributed by atoms with E-state index in [2.05, 4.69) is 0 Å². The van der Waals surface area contributed by atoms with Crippen molar-refractivity contribution in [2.75, 3.05) is 40.6 Å². The highest BCUT2D eigenvalue weighted by molar-refractivity contribution is 6.67. The summed E-state index contributed by atoms with van der Waals surface area (Å²) in [7, 11) is 1.39. The van der Waals surface area contributed by atoms with Gasteiger partial charge in [0.1, 0.15) is 0 Å². The zero-order chi connectivity index (χ0) is 15.0. The van der Waals surface area contributed by atoms with Crippen LogP contribution in [-0.4, -0.2) is 61.8 Å². The van der Waals surface area contributed by atoms with E-state index in [1.807, 2.05) is 0 Å². The quantitative estimate of drug-likeness (QED) is 0.405. The fourth-order valence-electron chi connectivity index (χ4n) is 2.42. The Morgan fingerprint density at radius 3 is 1.57 bits per heavy atom. The Labute approximate surface area is 128 Å². The van der Waals surface area contributed by atoms with Gasteiger partial charge in [0.2, 0.25) is 0 Å². The first-order valence-corrected chi connectivity index (χ1v) is 10.1. The summed E-state index contributed by atoms with van der Waals surface area (Å²) in [5, 5.41) is 0. The molecular weight excluding hydrogens is 292 g/mol. The van der Waals surface area contributed by atoms with Gasteiger partial charge in [0.05, 0.1) is 13.2 Å². The van der Waals surface area contributed by atoms with Crippen LogP contribution < -0.4 is 0 Å². The summed E-state index contributed by atoms with van der Waals surface area (Å²) in [6.07, 6.45) is 3.94. The topological polar surface area (TPSA) is 55.4 Å². The van der Waals surface area contributed by atoms with Crippen molar-refractivity contribution in [1.82, 2.24) is 0 Å². The fourth-order valence-corrected chi connectivity index (χ4v) is 5.02. The molecule has 0 aromatic carbocycles. The summed E-state index contributed by atoms with van der Waals surface area (Å²) in [6.45, 7) is 3.06. The fraction of sp³-hybridized carbons (Fsp3) is 1.00. The minimum Gasteiger partial charge on any atom is -0.398 e. The first-order chi connectivity index (χ1) is 10.3. The van der Waals surface area contributed by atoms with Crippen molar-refractivity contribution in [1.29, 1.82) is 0 Å². The second kappa shape index (κ2) is 9.19. The molecule has 2 fully saturated rings. The van der Waals surface area contributed by atoms with Gasteiger partial charge in [-0.15, -0.1) is 0 Å². The molecule has 124 valence electrons. The van der Waals surface area contributed by atoms with Gasteiger partial charge in [-0.25, -0.2) is 0 Å². The molecule has 2 atom stereocenters. The van der Waals surface area contributed by atoms with Gasteiger partial charge >= 0.3 is 8.56 Å². The lowest BCUT2D eigenvalue weighted by molar-refractivity contribution is -0.214. The van der Waals surface area contributed by atoms with Crippen LogP contribution in [0.1, 0.15) is 25.7 Å². The molecule has 21 heavy (non-hydrogen) atoms. The van der Waals surface area contributed by atoms with Crippen molar-refractivity contribution >= 4 is 8.56 Å². The van der Waals surface area contributed by atoms with Crippen molar-refractivity contribution in [2.24, 2.45) is 0 Å². The second-order valence-corrected chi connectivity index (χ2v) is 9.08. The minimum absolute atomic E-state index is 0.0158. The third-order valence-electron chi connectivity index (χ3n) is 4.07. The van der Waals surface area contributed by atoms with Gasteiger partial charge in [0.25, 0.3) is 0 Å². The van der Waals surface area contributed by atoms with Gasteiger partial charge in [0.15, 0.2) is 12.6 Å². The lowest BCUT2D eigenvalue weighted by Crippen LogP contribution is -2.41. The highest BCUT2D eigenvalue weighted by Crippen LogP contribution is 2.23. The molecule has 2 heterocycles. The molecule has 7 heteroatoms. The van der Waals surface area contributed by atoms with Crippen LogP contribution in [0.25, 0.3) is 0 Å². The van der Waals surface area contributed by atoms with Crippen LogP contribution in [-0.2, 0) is 27.8 Å².